The molecule has 1 rings (SSSR count). The van der Waals surface area contributed by atoms with Gasteiger partial charge in [0.1, 0.15) is 11.9 Å². The van der Waals surface area contributed by atoms with Crippen LogP contribution in [0, 0.1) is 5.82 Å². The predicted octanol–water partition coefficient (Wildman–Crippen LogP) is 2.40. The number of hydrogen-bond donors (Lipinski definition) is 1. The average molecular weight is 325 g/mol. The van der Waals surface area contributed by atoms with Crippen molar-refractivity contribution in [1.29, 1.82) is 0 Å². The van der Waals surface area contributed by atoms with Crippen LogP contribution in [0.5, 0.6) is 0 Å². The minimum Gasteiger partial charge on any atom is -0.386 e. The van der Waals surface area contributed by atoms with E-state index in [1.165, 1.54) is 32.0 Å². The first-order valence-corrected chi connectivity index (χ1v) is 7.52. The molecule has 0 heterocycles. The zero-order valence-corrected chi connectivity index (χ0v) is 11.9. The summed E-state index contributed by atoms with van der Waals surface area (Å²) in [4.78, 5) is 0. The Morgan fingerprint density at radius 2 is 2.00 bits per heavy atom. The van der Waals surface area contributed by atoms with Gasteiger partial charge in [-0.05, 0) is 13.0 Å². The van der Waals surface area contributed by atoms with Crippen LogP contribution in [-0.4, -0.2) is 22.9 Å². The highest BCUT2D eigenvalue weighted by Crippen LogP contribution is 2.39. The highest BCUT2D eigenvalue weighted by atomic mass is 79.9. The third-order valence-electron chi connectivity index (χ3n) is 2.68. The van der Waals surface area contributed by atoms with E-state index in [4.69, 9.17) is 0 Å². The molecule has 0 aromatic heterocycles. The first-order chi connectivity index (χ1) is 7.74. The Morgan fingerprint density at radius 3 is 2.47 bits per heavy atom. The molecule has 0 spiro atoms. The second-order valence-corrected chi connectivity index (χ2v) is 8.64. The van der Waals surface area contributed by atoms with E-state index in [-0.39, 0.29) is 11.3 Å². The van der Waals surface area contributed by atoms with Crippen molar-refractivity contribution in [2.24, 2.45) is 0 Å². The van der Waals surface area contributed by atoms with Crippen LogP contribution in [-0.2, 0) is 9.84 Å². The minimum absolute atomic E-state index is 0.0381. The van der Waals surface area contributed by atoms with Gasteiger partial charge >= 0.3 is 0 Å². The summed E-state index contributed by atoms with van der Waals surface area (Å²) in [6.07, 6.45) is -1.46. The molecule has 0 amide bonds. The lowest BCUT2D eigenvalue weighted by molar-refractivity contribution is 0.163. The first-order valence-electron chi connectivity index (χ1n) is 5.07. The van der Waals surface area contributed by atoms with Gasteiger partial charge in [-0.1, -0.05) is 41.1 Å². The summed E-state index contributed by atoms with van der Waals surface area (Å²) in [7, 11) is -3.56. The summed E-state index contributed by atoms with van der Waals surface area (Å²) in [6, 6.07) is 5.57. The van der Waals surface area contributed by atoms with Gasteiger partial charge in [0.15, 0.2) is 13.5 Å². The summed E-state index contributed by atoms with van der Waals surface area (Å²) in [6.45, 7) is 2.80. The molecule has 0 saturated heterocycles. The minimum atomic E-state index is -3.56. The molecule has 1 aromatic carbocycles. The number of benzene rings is 1. The fourth-order valence-electron chi connectivity index (χ4n) is 1.43. The lowest BCUT2D eigenvalue weighted by Gasteiger charge is -2.28. The molecule has 0 unspecified atom stereocenters. The normalized spacial score (nSPS) is 17.5. The van der Waals surface area contributed by atoms with E-state index in [1.54, 1.807) is 6.07 Å². The quantitative estimate of drug-likeness (QED) is 0.865. The van der Waals surface area contributed by atoms with Gasteiger partial charge < -0.3 is 5.11 Å². The molecule has 0 saturated carbocycles. The topological polar surface area (TPSA) is 54.4 Å². The Kier molecular flexibility index (Phi) is 4.33. The van der Waals surface area contributed by atoms with Gasteiger partial charge in [-0.25, -0.2) is 12.8 Å². The van der Waals surface area contributed by atoms with Gasteiger partial charge in [0, 0.05) is 11.3 Å². The molecule has 0 aliphatic rings. The van der Waals surface area contributed by atoms with E-state index < -0.39 is 25.4 Å². The Balaban J connectivity index is 3.23. The summed E-state index contributed by atoms with van der Waals surface area (Å²) in [5.41, 5.74) is -0.0381. The Morgan fingerprint density at radius 1 is 1.47 bits per heavy atom. The molecule has 3 nitrogen and oxygen atoms in total. The first kappa shape index (κ1) is 14.6. The maximum Gasteiger partial charge on any atom is 0.168 e. The number of aliphatic hydroxyl groups excluding tert-OH is 1. The molecule has 0 aliphatic heterocycles. The lowest BCUT2D eigenvalue weighted by atomic mass is 10.1. The smallest absolute Gasteiger partial charge is 0.168 e. The van der Waals surface area contributed by atoms with Gasteiger partial charge in [0.25, 0.3) is 0 Å². The van der Waals surface area contributed by atoms with Crippen molar-refractivity contribution in [3.63, 3.8) is 0 Å². The number of aliphatic hydroxyl groups is 1. The maximum absolute atomic E-state index is 13.5. The van der Waals surface area contributed by atoms with Crippen LogP contribution in [0.1, 0.15) is 25.5 Å². The van der Waals surface area contributed by atoms with Crippen LogP contribution in [0.25, 0.3) is 0 Å². The predicted molar refractivity (Wildman–Crippen MR) is 68.2 cm³/mol. The lowest BCUT2D eigenvalue weighted by Crippen LogP contribution is -2.37. The standard InChI is InChI=1S/C11H14BrFO3S/c1-3-17(15,16)11(2,12)10(14)8-6-4-5-7-9(8)13/h4-7,10,14H,3H2,1-2H3/t10-,11+/m0/s1. The SMILES string of the molecule is CCS(=O)(=O)[C@@](C)(Br)[C@@H](O)c1ccccc1F. The molecular weight excluding hydrogens is 311 g/mol. The molecule has 96 valence electrons. The molecule has 0 radical (unpaired) electrons. The largest absolute Gasteiger partial charge is 0.386 e. The number of sulfone groups is 1. The van der Waals surface area contributed by atoms with E-state index in [2.05, 4.69) is 15.9 Å². The Bertz CT molecular complexity index is 499. The van der Waals surface area contributed by atoms with Crippen LogP contribution < -0.4 is 0 Å². The fourth-order valence-corrected chi connectivity index (χ4v) is 3.39. The third kappa shape index (κ3) is 2.69. The fraction of sp³-hybridized carbons (Fsp3) is 0.455. The number of halogens is 2. The summed E-state index contributed by atoms with van der Waals surface area (Å²) in [5.74, 6) is -0.766. The van der Waals surface area contributed by atoms with Crippen LogP contribution in [0.3, 0.4) is 0 Å². The third-order valence-corrected chi connectivity index (χ3v) is 6.79. The summed E-state index contributed by atoms with van der Waals surface area (Å²) < 4.78 is 35.5. The van der Waals surface area contributed by atoms with Gasteiger partial charge in [0.2, 0.25) is 0 Å². The molecule has 6 heteroatoms. The van der Waals surface area contributed by atoms with Gasteiger partial charge in [-0.3, -0.25) is 0 Å². The van der Waals surface area contributed by atoms with Crippen molar-refractivity contribution >= 4 is 25.8 Å². The van der Waals surface area contributed by atoms with Crippen molar-refractivity contribution in [3.05, 3.63) is 35.6 Å². The van der Waals surface area contributed by atoms with Gasteiger partial charge in [-0.2, -0.15) is 0 Å². The Labute approximate surface area is 109 Å². The van der Waals surface area contributed by atoms with Crippen molar-refractivity contribution in [3.8, 4) is 0 Å². The second-order valence-electron chi connectivity index (χ2n) is 3.81. The summed E-state index contributed by atoms with van der Waals surface area (Å²) >= 11 is 3.00. The molecule has 0 bridgehead atoms. The van der Waals surface area contributed by atoms with E-state index >= 15 is 0 Å². The van der Waals surface area contributed by atoms with Gasteiger partial charge in [0.05, 0.1) is 0 Å². The van der Waals surface area contributed by atoms with E-state index in [9.17, 15) is 17.9 Å². The van der Waals surface area contributed by atoms with E-state index in [0.29, 0.717) is 0 Å². The number of rotatable bonds is 4. The van der Waals surface area contributed by atoms with Crippen LogP contribution >= 0.6 is 15.9 Å². The zero-order chi connectivity index (χ0) is 13.3. The van der Waals surface area contributed by atoms with Gasteiger partial charge in [-0.15, -0.1) is 0 Å². The molecule has 2 atom stereocenters. The number of hydrogen-bond acceptors (Lipinski definition) is 3. The van der Waals surface area contributed by atoms with Crippen LogP contribution in [0.15, 0.2) is 24.3 Å². The molecule has 0 fully saturated rings. The average Bonchev–Trinajstić information content (AvgIpc) is 2.28. The Hall–Kier alpha value is -0.460. The van der Waals surface area contributed by atoms with Crippen molar-refractivity contribution in [2.75, 3.05) is 5.75 Å². The van der Waals surface area contributed by atoms with Crippen molar-refractivity contribution < 1.29 is 17.9 Å². The number of alkyl halides is 1. The molecule has 1 N–H and O–H groups in total. The summed E-state index contributed by atoms with van der Waals surface area (Å²) in [5, 5.41) is 10.0. The molecule has 0 aliphatic carbocycles. The highest BCUT2D eigenvalue weighted by Gasteiger charge is 2.43. The molecular formula is C11H14BrFO3S. The van der Waals surface area contributed by atoms with Crippen molar-refractivity contribution in [2.45, 2.75) is 23.6 Å². The van der Waals surface area contributed by atoms with E-state index in [0.717, 1.165) is 0 Å². The highest BCUT2D eigenvalue weighted by molar-refractivity contribution is 9.11. The zero-order valence-electron chi connectivity index (χ0n) is 9.52. The van der Waals surface area contributed by atoms with Crippen LogP contribution in [0.4, 0.5) is 4.39 Å². The molecule has 17 heavy (non-hydrogen) atoms. The monoisotopic (exact) mass is 324 g/mol. The maximum atomic E-state index is 13.5. The van der Waals surface area contributed by atoms with Crippen LogP contribution in [0.2, 0.25) is 0 Å². The molecule has 1 aromatic rings. The van der Waals surface area contributed by atoms with E-state index in [1.807, 2.05) is 0 Å². The second kappa shape index (κ2) is 5.04. The van der Waals surface area contributed by atoms with Crippen molar-refractivity contribution in [1.82, 2.24) is 0 Å².